The molecule has 5 nitrogen and oxygen atoms in total. The Labute approximate surface area is 101 Å². The normalized spacial score (nSPS) is 15.6. The summed E-state index contributed by atoms with van der Waals surface area (Å²) in [5.41, 5.74) is 1.30. The van der Waals surface area contributed by atoms with Crippen LogP contribution in [0.5, 0.6) is 5.75 Å². The SMILES string of the molecule is CCc1ncc(NS(C)(=O)=O)cc1OC1CC1. The second-order valence-electron chi connectivity index (χ2n) is 4.21. The number of hydrogen-bond donors (Lipinski definition) is 1. The van der Waals surface area contributed by atoms with Crippen LogP contribution < -0.4 is 9.46 Å². The van der Waals surface area contributed by atoms with Gasteiger partial charge in [0.15, 0.2) is 0 Å². The van der Waals surface area contributed by atoms with E-state index in [-0.39, 0.29) is 6.10 Å². The van der Waals surface area contributed by atoms with Crippen LogP contribution >= 0.6 is 0 Å². The lowest BCUT2D eigenvalue weighted by atomic mass is 10.2. The molecule has 0 amide bonds. The molecule has 1 N–H and O–H groups in total. The summed E-state index contributed by atoms with van der Waals surface area (Å²) < 4.78 is 30.3. The molecule has 0 spiro atoms. The van der Waals surface area contributed by atoms with Crippen LogP contribution in [0, 0.1) is 0 Å². The van der Waals surface area contributed by atoms with Gasteiger partial charge in [-0.05, 0) is 19.3 Å². The van der Waals surface area contributed by atoms with E-state index in [1.807, 2.05) is 6.92 Å². The fourth-order valence-electron chi connectivity index (χ4n) is 1.48. The van der Waals surface area contributed by atoms with Gasteiger partial charge >= 0.3 is 0 Å². The average Bonchev–Trinajstić information content (AvgIpc) is 3.00. The number of pyridine rings is 1. The highest BCUT2D eigenvalue weighted by atomic mass is 32.2. The first kappa shape index (κ1) is 12.2. The zero-order valence-electron chi connectivity index (χ0n) is 9.93. The van der Waals surface area contributed by atoms with Crippen molar-refractivity contribution in [1.29, 1.82) is 0 Å². The van der Waals surface area contributed by atoms with Gasteiger partial charge < -0.3 is 4.74 Å². The summed E-state index contributed by atoms with van der Waals surface area (Å²) in [5.74, 6) is 0.684. The smallest absolute Gasteiger partial charge is 0.229 e. The van der Waals surface area contributed by atoms with Gasteiger partial charge in [-0.1, -0.05) is 6.92 Å². The van der Waals surface area contributed by atoms with E-state index in [0.717, 1.165) is 31.2 Å². The number of nitrogens with one attached hydrogen (secondary N) is 1. The molecule has 1 aliphatic carbocycles. The monoisotopic (exact) mass is 256 g/mol. The highest BCUT2D eigenvalue weighted by molar-refractivity contribution is 7.92. The molecular weight excluding hydrogens is 240 g/mol. The summed E-state index contributed by atoms with van der Waals surface area (Å²) >= 11 is 0. The molecule has 94 valence electrons. The summed E-state index contributed by atoms with van der Waals surface area (Å²) in [6.45, 7) is 1.99. The van der Waals surface area contributed by atoms with Crippen molar-refractivity contribution in [3.63, 3.8) is 0 Å². The van der Waals surface area contributed by atoms with Crippen LogP contribution in [0.15, 0.2) is 12.3 Å². The van der Waals surface area contributed by atoms with Crippen molar-refractivity contribution < 1.29 is 13.2 Å². The van der Waals surface area contributed by atoms with E-state index in [2.05, 4.69) is 9.71 Å². The Morgan fingerprint density at radius 2 is 2.24 bits per heavy atom. The molecule has 1 heterocycles. The van der Waals surface area contributed by atoms with Crippen LogP contribution in [0.4, 0.5) is 5.69 Å². The van der Waals surface area contributed by atoms with E-state index < -0.39 is 10.0 Å². The predicted octanol–water partition coefficient (Wildman–Crippen LogP) is 1.56. The number of aryl methyl sites for hydroxylation is 1. The fraction of sp³-hybridized carbons (Fsp3) is 0.545. The van der Waals surface area contributed by atoms with E-state index in [4.69, 9.17) is 4.74 Å². The Kier molecular flexibility index (Phi) is 3.24. The molecular formula is C11H16N2O3S. The molecule has 1 aliphatic rings. The number of sulfonamides is 1. The fourth-order valence-corrected chi connectivity index (χ4v) is 2.02. The van der Waals surface area contributed by atoms with E-state index >= 15 is 0 Å². The molecule has 0 unspecified atom stereocenters. The molecule has 1 aromatic heterocycles. The van der Waals surface area contributed by atoms with Gasteiger partial charge in [0.25, 0.3) is 0 Å². The molecule has 1 saturated carbocycles. The van der Waals surface area contributed by atoms with Crippen molar-refractivity contribution in [3.8, 4) is 5.75 Å². The number of anilines is 1. The first-order valence-electron chi connectivity index (χ1n) is 5.61. The van der Waals surface area contributed by atoms with Gasteiger partial charge in [0, 0.05) is 6.07 Å². The summed E-state index contributed by atoms with van der Waals surface area (Å²) in [6.07, 6.45) is 5.79. The van der Waals surface area contributed by atoms with Gasteiger partial charge in [-0.25, -0.2) is 8.42 Å². The lowest BCUT2D eigenvalue weighted by Gasteiger charge is -2.11. The van der Waals surface area contributed by atoms with Crippen molar-refractivity contribution >= 4 is 15.7 Å². The second-order valence-corrected chi connectivity index (χ2v) is 5.96. The summed E-state index contributed by atoms with van der Waals surface area (Å²) in [5, 5.41) is 0. The topological polar surface area (TPSA) is 68.3 Å². The molecule has 1 fully saturated rings. The minimum atomic E-state index is -3.27. The predicted molar refractivity (Wildman–Crippen MR) is 65.7 cm³/mol. The third-order valence-electron chi connectivity index (χ3n) is 2.39. The van der Waals surface area contributed by atoms with Crippen LogP contribution in [0.25, 0.3) is 0 Å². The number of nitrogens with zero attached hydrogens (tertiary/aromatic N) is 1. The van der Waals surface area contributed by atoms with Crippen molar-refractivity contribution in [2.45, 2.75) is 32.3 Å². The first-order chi connectivity index (χ1) is 7.98. The molecule has 0 saturated heterocycles. The molecule has 0 radical (unpaired) electrons. The second kappa shape index (κ2) is 4.52. The van der Waals surface area contributed by atoms with Crippen LogP contribution in [0.3, 0.4) is 0 Å². The summed E-state index contributed by atoms with van der Waals surface area (Å²) in [7, 11) is -3.27. The van der Waals surface area contributed by atoms with Gasteiger partial charge in [0.1, 0.15) is 5.75 Å². The maximum Gasteiger partial charge on any atom is 0.229 e. The zero-order valence-corrected chi connectivity index (χ0v) is 10.8. The number of hydrogen-bond acceptors (Lipinski definition) is 4. The Hall–Kier alpha value is -1.30. The molecule has 17 heavy (non-hydrogen) atoms. The van der Waals surface area contributed by atoms with Gasteiger partial charge in [-0.3, -0.25) is 9.71 Å². The highest BCUT2D eigenvalue weighted by Gasteiger charge is 2.24. The number of ether oxygens (including phenoxy) is 1. The molecule has 0 atom stereocenters. The Morgan fingerprint density at radius 3 is 2.76 bits per heavy atom. The Balaban J connectivity index is 2.23. The molecule has 1 aromatic rings. The van der Waals surface area contributed by atoms with E-state index in [1.54, 1.807) is 6.07 Å². The van der Waals surface area contributed by atoms with Gasteiger partial charge in [0.05, 0.1) is 29.9 Å². The van der Waals surface area contributed by atoms with E-state index in [9.17, 15) is 8.42 Å². The largest absolute Gasteiger partial charge is 0.488 e. The first-order valence-corrected chi connectivity index (χ1v) is 7.50. The quantitative estimate of drug-likeness (QED) is 0.868. The maximum absolute atomic E-state index is 11.1. The average molecular weight is 256 g/mol. The van der Waals surface area contributed by atoms with Crippen molar-refractivity contribution in [1.82, 2.24) is 4.98 Å². The van der Waals surface area contributed by atoms with E-state index in [1.165, 1.54) is 6.20 Å². The molecule has 0 aromatic carbocycles. The van der Waals surface area contributed by atoms with E-state index in [0.29, 0.717) is 11.4 Å². The standard InChI is InChI=1S/C11H16N2O3S/c1-3-10-11(16-9-4-5-9)6-8(7-12-10)13-17(2,14)15/h6-7,9,13H,3-5H2,1-2H3. The van der Waals surface area contributed by atoms with Crippen LogP contribution in [0.1, 0.15) is 25.5 Å². The van der Waals surface area contributed by atoms with Gasteiger partial charge in [-0.15, -0.1) is 0 Å². The van der Waals surface area contributed by atoms with Crippen molar-refractivity contribution in [3.05, 3.63) is 18.0 Å². The van der Waals surface area contributed by atoms with Crippen LogP contribution in [-0.4, -0.2) is 25.8 Å². The summed E-state index contributed by atoms with van der Waals surface area (Å²) in [6, 6.07) is 1.70. The Bertz CT molecular complexity index is 509. The van der Waals surface area contributed by atoms with Gasteiger partial charge in [-0.2, -0.15) is 0 Å². The highest BCUT2D eigenvalue weighted by Crippen LogP contribution is 2.30. The number of rotatable bonds is 5. The third-order valence-corrected chi connectivity index (χ3v) is 2.99. The Morgan fingerprint density at radius 1 is 1.53 bits per heavy atom. The van der Waals surface area contributed by atoms with Crippen molar-refractivity contribution in [2.24, 2.45) is 0 Å². The molecule has 2 rings (SSSR count). The van der Waals surface area contributed by atoms with Crippen molar-refractivity contribution in [2.75, 3.05) is 11.0 Å². The molecule has 6 heteroatoms. The summed E-state index contributed by atoms with van der Waals surface area (Å²) in [4.78, 5) is 4.21. The third kappa shape index (κ3) is 3.59. The molecule has 0 bridgehead atoms. The minimum Gasteiger partial charge on any atom is -0.488 e. The lowest BCUT2D eigenvalue weighted by Crippen LogP contribution is -2.11. The zero-order chi connectivity index (χ0) is 12.5. The minimum absolute atomic E-state index is 0.274. The van der Waals surface area contributed by atoms with Gasteiger partial charge in [0.2, 0.25) is 10.0 Å². The van der Waals surface area contributed by atoms with Crippen LogP contribution in [0.2, 0.25) is 0 Å². The lowest BCUT2D eigenvalue weighted by molar-refractivity contribution is 0.299. The number of aromatic nitrogens is 1. The maximum atomic E-state index is 11.1. The van der Waals surface area contributed by atoms with Crippen LogP contribution in [-0.2, 0) is 16.4 Å². The molecule has 0 aliphatic heterocycles.